The van der Waals surface area contributed by atoms with E-state index in [2.05, 4.69) is 10.6 Å². The van der Waals surface area contributed by atoms with Crippen molar-refractivity contribution in [2.75, 3.05) is 17.2 Å². The summed E-state index contributed by atoms with van der Waals surface area (Å²) in [5, 5.41) is 15.3. The van der Waals surface area contributed by atoms with Crippen molar-refractivity contribution >= 4 is 17.3 Å². The number of halogens is 5. The first-order chi connectivity index (χ1) is 15.8. The monoisotopic (exact) mass is 464 g/mol. The van der Waals surface area contributed by atoms with Gasteiger partial charge in [0.1, 0.15) is 5.56 Å². The van der Waals surface area contributed by atoms with E-state index in [4.69, 9.17) is 0 Å². The van der Waals surface area contributed by atoms with Gasteiger partial charge in [-0.25, -0.2) is 22.0 Å². The number of aliphatic hydroxyl groups is 1. The molecular weight excluding hydrogens is 443 g/mol. The average Bonchev–Trinajstić information content (AvgIpc) is 2.82. The predicted molar refractivity (Wildman–Crippen MR) is 115 cm³/mol. The van der Waals surface area contributed by atoms with E-state index in [1.54, 1.807) is 6.07 Å². The summed E-state index contributed by atoms with van der Waals surface area (Å²) in [6, 6.07) is 15.8. The molecule has 0 aromatic heterocycles. The van der Waals surface area contributed by atoms with Crippen molar-refractivity contribution in [3.05, 3.63) is 94.8 Å². The van der Waals surface area contributed by atoms with Crippen LogP contribution in [-0.2, 0) is 6.42 Å². The third-order valence-corrected chi connectivity index (χ3v) is 4.99. The van der Waals surface area contributed by atoms with E-state index >= 15 is 0 Å². The second kappa shape index (κ2) is 10.9. The summed E-state index contributed by atoms with van der Waals surface area (Å²) < 4.78 is 67.9. The van der Waals surface area contributed by atoms with Crippen molar-refractivity contribution in [1.29, 1.82) is 0 Å². The van der Waals surface area contributed by atoms with Crippen LogP contribution < -0.4 is 10.6 Å². The average molecular weight is 464 g/mol. The van der Waals surface area contributed by atoms with Crippen LogP contribution >= 0.6 is 0 Å². The van der Waals surface area contributed by atoms with E-state index in [0.717, 1.165) is 18.4 Å². The molecule has 0 aliphatic rings. The van der Waals surface area contributed by atoms with Gasteiger partial charge in [0.05, 0.1) is 17.5 Å². The molecule has 33 heavy (non-hydrogen) atoms. The van der Waals surface area contributed by atoms with Gasteiger partial charge in [0, 0.05) is 6.54 Å². The first-order valence-electron chi connectivity index (χ1n) is 10.2. The number of nitrogens with one attached hydrogen (secondary N) is 2. The molecule has 1 amide bonds. The van der Waals surface area contributed by atoms with Crippen molar-refractivity contribution in [3.8, 4) is 0 Å². The van der Waals surface area contributed by atoms with Crippen LogP contribution in [0.3, 0.4) is 0 Å². The van der Waals surface area contributed by atoms with Crippen LogP contribution in [0.2, 0.25) is 0 Å². The number of hydrogen-bond acceptors (Lipinski definition) is 3. The Labute approximate surface area is 187 Å². The molecule has 174 valence electrons. The van der Waals surface area contributed by atoms with E-state index in [1.165, 1.54) is 18.2 Å². The lowest BCUT2D eigenvalue weighted by atomic mass is 10.1. The van der Waals surface area contributed by atoms with Crippen molar-refractivity contribution in [1.82, 2.24) is 0 Å². The topological polar surface area (TPSA) is 61.4 Å². The number of anilines is 2. The van der Waals surface area contributed by atoms with Crippen molar-refractivity contribution in [2.24, 2.45) is 0 Å². The van der Waals surface area contributed by atoms with Gasteiger partial charge in [-0.05, 0) is 37.0 Å². The Hall–Kier alpha value is -3.46. The molecule has 0 aliphatic carbocycles. The van der Waals surface area contributed by atoms with E-state index in [9.17, 15) is 31.9 Å². The number of rotatable bonds is 9. The number of para-hydroxylation sites is 2. The summed E-state index contributed by atoms with van der Waals surface area (Å²) in [5.41, 5.74) is -0.0826. The zero-order valence-electron chi connectivity index (χ0n) is 17.3. The van der Waals surface area contributed by atoms with Crippen molar-refractivity contribution in [2.45, 2.75) is 25.4 Å². The summed E-state index contributed by atoms with van der Waals surface area (Å²) >= 11 is 0. The minimum atomic E-state index is -2.34. The molecule has 0 saturated heterocycles. The van der Waals surface area contributed by atoms with Gasteiger partial charge in [-0.15, -0.1) is 0 Å². The smallest absolute Gasteiger partial charge is 0.261 e. The van der Waals surface area contributed by atoms with Gasteiger partial charge in [0.25, 0.3) is 5.91 Å². The lowest BCUT2D eigenvalue weighted by molar-refractivity contribution is 0.101. The number of carbonyl (C=O) groups is 1. The maximum Gasteiger partial charge on any atom is 0.261 e. The predicted octanol–water partition coefficient (Wildman–Crippen LogP) is 5.43. The maximum atomic E-state index is 13.9. The van der Waals surface area contributed by atoms with E-state index in [1.807, 2.05) is 30.3 Å². The zero-order chi connectivity index (χ0) is 24.0. The summed E-state index contributed by atoms with van der Waals surface area (Å²) in [7, 11) is 0. The summed E-state index contributed by atoms with van der Waals surface area (Å²) in [4.78, 5) is 12.3. The lowest BCUT2D eigenvalue weighted by Crippen LogP contribution is -2.22. The van der Waals surface area contributed by atoms with Gasteiger partial charge in [-0.1, -0.05) is 42.5 Å². The molecule has 0 fully saturated rings. The number of carbonyl (C=O) groups excluding carboxylic acids is 1. The van der Waals surface area contributed by atoms with Crippen LogP contribution in [0.4, 0.5) is 33.3 Å². The van der Waals surface area contributed by atoms with Crippen molar-refractivity contribution in [3.63, 3.8) is 0 Å². The van der Waals surface area contributed by atoms with Gasteiger partial charge in [-0.3, -0.25) is 4.79 Å². The molecule has 0 aliphatic heterocycles. The Bertz CT molecular complexity index is 1100. The normalized spacial score (nSPS) is 11.8. The van der Waals surface area contributed by atoms with Crippen LogP contribution in [0.1, 0.15) is 28.8 Å². The number of aryl methyl sites for hydroxylation is 1. The van der Waals surface area contributed by atoms with Gasteiger partial charge in [0.2, 0.25) is 5.82 Å². The zero-order valence-corrected chi connectivity index (χ0v) is 17.3. The number of amides is 1. The molecule has 0 radical (unpaired) electrons. The van der Waals surface area contributed by atoms with E-state index in [0.29, 0.717) is 12.1 Å². The number of aliphatic hydroxyl groups excluding tert-OH is 1. The molecule has 4 nitrogen and oxygen atoms in total. The van der Waals surface area contributed by atoms with Crippen LogP contribution in [-0.4, -0.2) is 23.7 Å². The van der Waals surface area contributed by atoms with Gasteiger partial charge < -0.3 is 15.7 Å². The van der Waals surface area contributed by atoms with E-state index < -0.39 is 46.7 Å². The van der Waals surface area contributed by atoms with Gasteiger partial charge in [0.15, 0.2) is 23.3 Å². The minimum absolute atomic E-state index is 0.0444. The molecule has 1 atom stereocenters. The summed E-state index contributed by atoms with van der Waals surface area (Å²) in [6.45, 7) is 0.115. The van der Waals surface area contributed by atoms with Crippen LogP contribution in [0.25, 0.3) is 0 Å². The Morgan fingerprint density at radius 2 is 1.33 bits per heavy atom. The Morgan fingerprint density at radius 1 is 0.788 bits per heavy atom. The first-order valence-corrected chi connectivity index (χ1v) is 10.2. The molecule has 3 aromatic rings. The largest absolute Gasteiger partial charge is 0.391 e. The van der Waals surface area contributed by atoms with Crippen LogP contribution in [0.15, 0.2) is 54.6 Å². The number of benzene rings is 3. The second-order valence-electron chi connectivity index (χ2n) is 7.36. The number of hydrogen-bond donors (Lipinski definition) is 3. The first kappa shape index (κ1) is 24.2. The molecule has 0 spiro atoms. The molecule has 0 heterocycles. The molecular formula is C24H21F5N2O2. The maximum absolute atomic E-state index is 13.9. The highest BCUT2D eigenvalue weighted by Gasteiger charge is 2.30. The van der Waals surface area contributed by atoms with Crippen LogP contribution in [0, 0.1) is 29.1 Å². The van der Waals surface area contributed by atoms with Gasteiger partial charge >= 0.3 is 0 Å². The molecule has 3 N–H and O–H groups in total. The molecule has 0 bridgehead atoms. The molecule has 3 rings (SSSR count). The Balaban J connectivity index is 1.63. The molecule has 9 heteroatoms. The minimum Gasteiger partial charge on any atom is -0.391 e. The molecule has 3 aromatic carbocycles. The third-order valence-electron chi connectivity index (χ3n) is 4.99. The highest BCUT2D eigenvalue weighted by atomic mass is 19.2. The highest BCUT2D eigenvalue weighted by molar-refractivity contribution is 6.06. The van der Waals surface area contributed by atoms with E-state index in [-0.39, 0.29) is 12.2 Å². The second-order valence-corrected chi connectivity index (χ2v) is 7.36. The lowest BCUT2D eigenvalue weighted by Gasteiger charge is -2.16. The Morgan fingerprint density at radius 3 is 1.97 bits per heavy atom. The standard InChI is InChI=1S/C24H21F5N2O2/c25-19-18(20(26)22(28)23(29)21(19)27)24(33)31-17-12-5-4-11-16(17)30-13-15(32)10-6-9-14-7-2-1-3-8-14/h1-5,7-8,11-12,15,30,32H,6,9-10,13H2,(H,31,33). The SMILES string of the molecule is O=C(Nc1ccccc1NCC(O)CCCc1ccccc1)c1c(F)c(F)c(F)c(F)c1F. The third kappa shape index (κ3) is 5.87. The van der Waals surface area contributed by atoms with Gasteiger partial charge in [-0.2, -0.15) is 0 Å². The summed E-state index contributed by atoms with van der Waals surface area (Å²) in [6.07, 6.45) is 1.33. The quantitative estimate of drug-likeness (QED) is 0.225. The fraction of sp³-hybridized carbons (Fsp3) is 0.208. The fourth-order valence-corrected chi connectivity index (χ4v) is 3.25. The highest BCUT2D eigenvalue weighted by Crippen LogP contribution is 2.26. The fourth-order valence-electron chi connectivity index (χ4n) is 3.25. The molecule has 0 saturated carbocycles. The Kier molecular flexibility index (Phi) is 8.00. The summed E-state index contributed by atoms with van der Waals surface area (Å²) in [5.74, 6) is -12.7. The van der Waals surface area contributed by atoms with Crippen LogP contribution in [0.5, 0.6) is 0 Å². The van der Waals surface area contributed by atoms with Crippen molar-refractivity contribution < 1.29 is 31.9 Å². The molecule has 1 unspecified atom stereocenters.